The fourth-order valence-corrected chi connectivity index (χ4v) is 1.89. The van der Waals surface area contributed by atoms with Crippen LogP contribution in [-0.2, 0) is 4.74 Å². The molecular weight excluding hydrogens is 224 g/mol. The number of amides is 1. The van der Waals surface area contributed by atoms with Crippen LogP contribution in [0.2, 0.25) is 0 Å². The molecule has 0 saturated heterocycles. The second-order valence-electron chi connectivity index (χ2n) is 3.65. The van der Waals surface area contributed by atoms with E-state index >= 15 is 0 Å². The molecule has 90 valence electrons. The highest BCUT2D eigenvalue weighted by Crippen LogP contribution is 2.15. The van der Waals surface area contributed by atoms with Crippen molar-refractivity contribution in [1.29, 1.82) is 0 Å². The SMILES string of the molecule is CCCCOC(=O)NC(C)c1csc(C)n1. The summed E-state index contributed by atoms with van der Waals surface area (Å²) >= 11 is 1.58. The van der Waals surface area contributed by atoms with Crippen molar-refractivity contribution in [2.45, 2.75) is 39.7 Å². The van der Waals surface area contributed by atoms with Gasteiger partial charge in [0.25, 0.3) is 0 Å². The molecule has 0 aromatic carbocycles. The van der Waals surface area contributed by atoms with Crippen LogP contribution in [0.15, 0.2) is 5.38 Å². The van der Waals surface area contributed by atoms with Gasteiger partial charge in [-0.15, -0.1) is 11.3 Å². The van der Waals surface area contributed by atoms with E-state index in [0.717, 1.165) is 23.5 Å². The zero-order valence-corrected chi connectivity index (χ0v) is 10.8. The number of carbonyl (C=O) groups is 1. The number of thiazole rings is 1. The lowest BCUT2D eigenvalue weighted by atomic mass is 10.3. The van der Waals surface area contributed by atoms with Gasteiger partial charge in [0, 0.05) is 5.38 Å². The molecule has 1 aromatic rings. The number of aryl methyl sites for hydroxylation is 1. The molecule has 0 fully saturated rings. The monoisotopic (exact) mass is 242 g/mol. The molecule has 5 heteroatoms. The van der Waals surface area contributed by atoms with Crippen LogP contribution in [0.1, 0.15) is 43.4 Å². The van der Waals surface area contributed by atoms with Gasteiger partial charge in [0.1, 0.15) is 0 Å². The first-order chi connectivity index (χ1) is 7.63. The minimum Gasteiger partial charge on any atom is -0.450 e. The Morgan fingerprint density at radius 2 is 2.44 bits per heavy atom. The molecule has 1 heterocycles. The molecule has 0 radical (unpaired) electrons. The Kier molecular flexibility index (Phi) is 5.25. The average molecular weight is 242 g/mol. The molecule has 1 amide bonds. The van der Waals surface area contributed by atoms with Gasteiger partial charge >= 0.3 is 6.09 Å². The Labute approximate surface area is 100 Å². The van der Waals surface area contributed by atoms with E-state index in [0.29, 0.717) is 6.61 Å². The van der Waals surface area contributed by atoms with E-state index in [-0.39, 0.29) is 12.1 Å². The number of nitrogens with one attached hydrogen (secondary N) is 1. The third-order valence-corrected chi connectivity index (χ3v) is 2.94. The van der Waals surface area contributed by atoms with Gasteiger partial charge < -0.3 is 10.1 Å². The third kappa shape index (κ3) is 4.18. The Balaban J connectivity index is 2.33. The summed E-state index contributed by atoms with van der Waals surface area (Å²) in [6, 6.07) is -0.0981. The molecule has 0 saturated carbocycles. The van der Waals surface area contributed by atoms with E-state index in [1.807, 2.05) is 19.2 Å². The standard InChI is InChI=1S/C11H18N2O2S/c1-4-5-6-15-11(14)12-8(2)10-7-16-9(3)13-10/h7-8H,4-6H2,1-3H3,(H,12,14). The zero-order valence-electron chi connectivity index (χ0n) is 9.95. The van der Waals surface area contributed by atoms with Crippen molar-refractivity contribution in [2.24, 2.45) is 0 Å². The molecule has 0 spiro atoms. The second-order valence-corrected chi connectivity index (χ2v) is 4.71. The maximum atomic E-state index is 11.4. The van der Waals surface area contributed by atoms with Gasteiger partial charge in [0.15, 0.2) is 0 Å². The second kappa shape index (κ2) is 6.48. The molecule has 1 unspecified atom stereocenters. The highest BCUT2D eigenvalue weighted by Gasteiger charge is 2.12. The summed E-state index contributed by atoms with van der Waals surface area (Å²) in [4.78, 5) is 15.7. The van der Waals surface area contributed by atoms with Crippen molar-refractivity contribution in [3.05, 3.63) is 16.1 Å². The highest BCUT2D eigenvalue weighted by molar-refractivity contribution is 7.09. The first-order valence-electron chi connectivity index (χ1n) is 5.48. The maximum Gasteiger partial charge on any atom is 0.407 e. The lowest BCUT2D eigenvalue weighted by molar-refractivity contribution is 0.141. The number of aromatic nitrogens is 1. The minimum atomic E-state index is -0.369. The average Bonchev–Trinajstić information content (AvgIpc) is 2.65. The summed E-state index contributed by atoms with van der Waals surface area (Å²) in [6.45, 7) is 6.38. The van der Waals surface area contributed by atoms with E-state index in [1.165, 1.54) is 0 Å². The molecule has 0 aliphatic rings. The molecule has 0 aliphatic heterocycles. The minimum absolute atomic E-state index is 0.0981. The number of alkyl carbamates (subject to hydrolysis) is 1. The van der Waals surface area contributed by atoms with E-state index in [9.17, 15) is 4.79 Å². The van der Waals surface area contributed by atoms with Crippen LogP contribution in [0.3, 0.4) is 0 Å². The van der Waals surface area contributed by atoms with Gasteiger partial charge in [0.2, 0.25) is 0 Å². The number of rotatable bonds is 5. The molecule has 16 heavy (non-hydrogen) atoms. The summed E-state index contributed by atoms with van der Waals surface area (Å²) in [5.41, 5.74) is 0.884. The normalized spacial score (nSPS) is 12.2. The highest BCUT2D eigenvalue weighted by atomic mass is 32.1. The van der Waals surface area contributed by atoms with Gasteiger partial charge in [-0.05, 0) is 20.3 Å². The lowest BCUT2D eigenvalue weighted by Gasteiger charge is -2.11. The Bertz CT molecular complexity index is 338. The molecular formula is C11H18N2O2S. The van der Waals surface area contributed by atoms with E-state index in [1.54, 1.807) is 11.3 Å². The topological polar surface area (TPSA) is 51.2 Å². The number of nitrogens with zero attached hydrogens (tertiary/aromatic N) is 1. The van der Waals surface area contributed by atoms with Crippen molar-refractivity contribution >= 4 is 17.4 Å². The van der Waals surface area contributed by atoms with Crippen LogP contribution >= 0.6 is 11.3 Å². The number of ether oxygens (including phenoxy) is 1. The number of unbranched alkanes of at least 4 members (excludes halogenated alkanes) is 1. The third-order valence-electron chi connectivity index (χ3n) is 2.15. The molecule has 4 nitrogen and oxygen atoms in total. The number of carbonyl (C=O) groups excluding carboxylic acids is 1. The van der Waals surface area contributed by atoms with Gasteiger partial charge in [0.05, 0.1) is 23.4 Å². The van der Waals surface area contributed by atoms with E-state index < -0.39 is 0 Å². The summed E-state index contributed by atoms with van der Waals surface area (Å²) in [5.74, 6) is 0. The van der Waals surface area contributed by atoms with Gasteiger partial charge in [-0.3, -0.25) is 0 Å². The summed E-state index contributed by atoms with van der Waals surface area (Å²) in [5, 5.41) is 5.70. The summed E-state index contributed by atoms with van der Waals surface area (Å²) in [7, 11) is 0. The number of hydrogen-bond donors (Lipinski definition) is 1. The quantitative estimate of drug-likeness (QED) is 0.807. The van der Waals surface area contributed by atoms with Crippen molar-refractivity contribution in [3.63, 3.8) is 0 Å². The smallest absolute Gasteiger partial charge is 0.407 e. The largest absolute Gasteiger partial charge is 0.450 e. The van der Waals surface area contributed by atoms with E-state index in [4.69, 9.17) is 4.74 Å². The predicted molar refractivity (Wildman–Crippen MR) is 64.7 cm³/mol. The van der Waals surface area contributed by atoms with Crippen molar-refractivity contribution < 1.29 is 9.53 Å². The Hall–Kier alpha value is -1.10. The summed E-state index contributed by atoms with van der Waals surface area (Å²) < 4.78 is 5.01. The van der Waals surface area contributed by atoms with Crippen LogP contribution in [0.25, 0.3) is 0 Å². The molecule has 1 rings (SSSR count). The molecule has 0 bridgehead atoms. The lowest BCUT2D eigenvalue weighted by Crippen LogP contribution is -2.27. The fraction of sp³-hybridized carbons (Fsp3) is 0.636. The fourth-order valence-electron chi connectivity index (χ4n) is 1.18. The van der Waals surface area contributed by atoms with Gasteiger partial charge in [-0.1, -0.05) is 13.3 Å². The molecule has 1 atom stereocenters. The first-order valence-corrected chi connectivity index (χ1v) is 6.36. The van der Waals surface area contributed by atoms with Crippen LogP contribution in [0, 0.1) is 6.92 Å². The van der Waals surface area contributed by atoms with Crippen molar-refractivity contribution in [1.82, 2.24) is 10.3 Å². The Morgan fingerprint density at radius 3 is 3.00 bits per heavy atom. The molecule has 1 aromatic heterocycles. The van der Waals surface area contributed by atoms with Gasteiger partial charge in [-0.25, -0.2) is 9.78 Å². The van der Waals surface area contributed by atoms with E-state index in [2.05, 4.69) is 17.2 Å². The van der Waals surface area contributed by atoms with Crippen LogP contribution in [-0.4, -0.2) is 17.7 Å². The first kappa shape index (κ1) is 13.0. The molecule has 0 aliphatic carbocycles. The van der Waals surface area contributed by atoms with Crippen LogP contribution in [0.4, 0.5) is 4.79 Å². The predicted octanol–water partition coefficient (Wildman–Crippen LogP) is 3.04. The van der Waals surface area contributed by atoms with Gasteiger partial charge in [-0.2, -0.15) is 0 Å². The van der Waals surface area contributed by atoms with Crippen molar-refractivity contribution in [3.8, 4) is 0 Å². The number of hydrogen-bond acceptors (Lipinski definition) is 4. The zero-order chi connectivity index (χ0) is 12.0. The van der Waals surface area contributed by atoms with Crippen LogP contribution in [0.5, 0.6) is 0 Å². The van der Waals surface area contributed by atoms with Crippen LogP contribution < -0.4 is 5.32 Å². The van der Waals surface area contributed by atoms with Crippen molar-refractivity contribution in [2.75, 3.05) is 6.61 Å². The molecule has 1 N–H and O–H groups in total. The Morgan fingerprint density at radius 1 is 1.69 bits per heavy atom. The maximum absolute atomic E-state index is 11.4. The summed E-state index contributed by atoms with van der Waals surface area (Å²) in [6.07, 6.45) is 1.55.